The second kappa shape index (κ2) is 10.6. The van der Waals surface area contributed by atoms with Crippen molar-refractivity contribution in [2.45, 2.75) is 24.8 Å². The summed E-state index contributed by atoms with van der Waals surface area (Å²) in [5.74, 6) is 0.193. The Kier molecular flexibility index (Phi) is 8.53. The van der Waals surface area contributed by atoms with E-state index in [-0.39, 0.29) is 29.6 Å². The van der Waals surface area contributed by atoms with Gasteiger partial charge in [-0.25, -0.2) is 9.18 Å². The average Bonchev–Trinajstić information content (AvgIpc) is 3.16. The first kappa shape index (κ1) is 21.7. The van der Waals surface area contributed by atoms with Crippen LogP contribution < -0.4 is 4.90 Å². The zero-order chi connectivity index (χ0) is 19.8. The van der Waals surface area contributed by atoms with E-state index < -0.39 is 6.04 Å². The van der Waals surface area contributed by atoms with Crippen LogP contribution in [0.4, 0.5) is 4.39 Å². The highest BCUT2D eigenvalue weighted by Gasteiger charge is 2.35. The molecule has 0 bridgehead atoms. The maximum Gasteiger partial charge on any atom is 0.364 e. The number of rotatable bonds is 9. The quantitative estimate of drug-likeness (QED) is 0.494. The summed E-state index contributed by atoms with van der Waals surface area (Å²) in [7, 11) is 2.98. The first-order valence-corrected chi connectivity index (χ1v) is 10.1. The molecular formula is C19H28FN2O4S+. The Bertz CT molecular complexity index is 629. The molecule has 0 aliphatic carbocycles. The molecule has 1 aliphatic rings. The van der Waals surface area contributed by atoms with Gasteiger partial charge in [-0.05, 0) is 24.6 Å². The second-order valence-corrected chi connectivity index (χ2v) is 7.73. The average molecular weight is 400 g/mol. The van der Waals surface area contributed by atoms with E-state index >= 15 is 0 Å². The number of esters is 1. The molecule has 1 heterocycles. The summed E-state index contributed by atoms with van der Waals surface area (Å²) < 4.78 is 23.1. The summed E-state index contributed by atoms with van der Waals surface area (Å²) in [5.41, 5.74) is 0.911. The van der Waals surface area contributed by atoms with E-state index in [1.54, 1.807) is 37.9 Å². The molecule has 1 saturated heterocycles. The highest BCUT2D eigenvalue weighted by atomic mass is 32.2. The number of hydrogen-bond donors (Lipinski definition) is 1. The zero-order valence-electron chi connectivity index (χ0n) is 16.1. The third-order valence-corrected chi connectivity index (χ3v) is 6.02. The lowest BCUT2D eigenvalue weighted by atomic mass is 10.2. The topological polar surface area (TPSA) is 60.3 Å². The van der Waals surface area contributed by atoms with Gasteiger partial charge in [0.2, 0.25) is 0 Å². The Hall–Kier alpha value is -1.64. The summed E-state index contributed by atoms with van der Waals surface area (Å²) in [6.07, 6.45) is 0.747. The molecule has 1 aliphatic heterocycles. The predicted octanol–water partition coefficient (Wildman–Crippen LogP) is 0.883. The maximum absolute atomic E-state index is 13.2. The number of nitrogens with zero attached hydrogens (tertiary/aromatic N) is 1. The molecular weight excluding hydrogens is 371 g/mol. The Morgan fingerprint density at radius 3 is 2.67 bits per heavy atom. The van der Waals surface area contributed by atoms with Gasteiger partial charge in [0.05, 0.1) is 20.3 Å². The van der Waals surface area contributed by atoms with Crippen molar-refractivity contribution in [3.8, 4) is 0 Å². The van der Waals surface area contributed by atoms with Crippen LogP contribution >= 0.6 is 11.8 Å². The lowest BCUT2D eigenvalue weighted by Gasteiger charge is -2.28. The van der Waals surface area contributed by atoms with E-state index in [2.05, 4.69) is 0 Å². The van der Waals surface area contributed by atoms with Gasteiger partial charge < -0.3 is 19.3 Å². The molecule has 1 aromatic carbocycles. The van der Waals surface area contributed by atoms with Gasteiger partial charge in [0.15, 0.2) is 12.6 Å². The van der Waals surface area contributed by atoms with Crippen LogP contribution in [0.5, 0.6) is 0 Å². The summed E-state index contributed by atoms with van der Waals surface area (Å²) in [6, 6.07) is 5.84. The number of hydrogen-bond acceptors (Lipinski definition) is 5. The maximum atomic E-state index is 13.2. The lowest BCUT2D eigenvalue weighted by Crippen LogP contribution is -3.17. The number of carbonyl (C=O) groups is 2. The molecule has 27 heavy (non-hydrogen) atoms. The van der Waals surface area contributed by atoms with Gasteiger partial charge in [0, 0.05) is 25.8 Å². The van der Waals surface area contributed by atoms with Crippen LogP contribution in [0.2, 0.25) is 0 Å². The van der Waals surface area contributed by atoms with Gasteiger partial charge >= 0.3 is 5.97 Å². The zero-order valence-corrected chi connectivity index (χ0v) is 16.9. The van der Waals surface area contributed by atoms with E-state index in [0.717, 1.165) is 22.6 Å². The van der Waals surface area contributed by atoms with E-state index in [9.17, 15) is 14.0 Å². The normalized spacial score (nSPS) is 19.0. The van der Waals surface area contributed by atoms with Crippen LogP contribution in [-0.2, 0) is 19.1 Å². The third kappa shape index (κ3) is 5.92. The van der Waals surface area contributed by atoms with Crippen LogP contribution in [0.15, 0.2) is 24.3 Å². The van der Waals surface area contributed by atoms with Crippen molar-refractivity contribution in [1.82, 2.24) is 4.90 Å². The molecule has 2 rings (SSSR count). The fraction of sp³-hybridized carbons (Fsp3) is 0.579. The first-order chi connectivity index (χ1) is 13.0. The van der Waals surface area contributed by atoms with Crippen molar-refractivity contribution in [1.29, 1.82) is 0 Å². The Labute approximate surface area is 164 Å². The third-order valence-electron chi connectivity index (χ3n) is 4.76. The molecule has 8 heteroatoms. The minimum atomic E-state index is -0.435. The molecule has 1 aromatic rings. The number of ether oxygens (including phenoxy) is 2. The molecule has 3 atom stereocenters. The Morgan fingerprint density at radius 1 is 1.33 bits per heavy atom. The highest BCUT2D eigenvalue weighted by molar-refractivity contribution is 7.99. The van der Waals surface area contributed by atoms with E-state index in [1.807, 2.05) is 4.90 Å². The number of thioether (sulfide) groups is 1. The molecule has 150 valence electrons. The van der Waals surface area contributed by atoms with Crippen molar-refractivity contribution < 1.29 is 28.4 Å². The number of methoxy groups -OCH3 is 2. The molecule has 1 unspecified atom stereocenters. The fourth-order valence-corrected chi connectivity index (χ4v) is 4.45. The molecule has 0 spiro atoms. The Balaban J connectivity index is 2.07. The van der Waals surface area contributed by atoms with E-state index in [4.69, 9.17) is 9.47 Å². The monoisotopic (exact) mass is 399 g/mol. The van der Waals surface area contributed by atoms with Crippen molar-refractivity contribution in [2.75, 3.05) is 46.2 Å². The summed E-state index contributed by atoms with van der Waals surface area (Å²) in [5, 5.41) is -0.119. The van der Waals surface area contributed by atoms with Gasteiger partial charge in [-0.3, -0.25) is 4.79 Å². The number of amides is 1. The number of benzene rings is 1. The standard InChI is InChI=1S/C19H27FN2O4S/c1-14(19(24)26-3)21(9-4-11-25-2)13-17(23)22-10-12-27-18(22)15-5-7-16(20)8-6-15/h5-8,14,18H,4,9-13H2,1-3H3/p+1/t14-,18-/m1/s1. The van der Waals surface area contributed by atoms with Gasteiger partial charge in [-0.1, -0.05) is 12.1 Å². The smallest absolute Gasteiger partial charge is 0.364 e. The van der Waals surface area contributed by atoms with Gasteiger partial charge in [-0.15, -0.1) is 11.8 Å². The molecule has 1 fully saturated rings. The van der Waals surface area contributed by atoms with Crippen LogP contribution in [-0.4, -0.2) is 69.0 Å². The molecule has 0 radical (unpaired) electrons. The minimum absolute atomic E-state index is 0.0162. The summed E-state index contributed by atoms with van der Waals surface area (Å²) in [4.78, 5) is 27.6. The van der Waals surface area contributed by atoms with E-state index in [0.29, 0.717) is 19.7 Å². The summed E-state index contributed by atoms with van der Waals surface area (Å²) >= 11 is 1.67. The van der Waals surface area contributed by atoms with Gasteiger partial charge in [-0.2, -0.15) is 0 Å². The largest absolute Gasteiger partial charge is 0.465 e. The van der Waals surface area contributed by atoms with Crippen molar-refractivity contribution in [3.05, 3.63) is 35.6 Å². The number of nitrogens with one attached hydrogen (secondary N) is 1. The fourth-order valence-electron chi connectivity index (χ4n) is 3.17. The number of quaternary nitrogens is 1. The van der Waals surface area contributed by atoms with Crippen LogP contribution in [0, 0.1) is 5.82 Å². The van der Waals surface area contributed by atoms with Crippen LogP contribution in [0.1, 0.15) is 24.3 Å². The minimum Gasteiger partial charge on any atom is -0.465 e. The first-order valence-electron chi connectivity index (χ1n) is 9.05. The van der Waals surface area contributed by atoms with Gasteiger partial charge in [0.25, 0.3) is 5.91 Å². The van der Waals surface area contributed by atoms with Crippen LogP contribution in [0.3, 0.4) is 0 Å². The number of carbonyl (C=O) groups excluding carboxylic acids is 2. The van der Waals surface area contributed by atoms with Crippen LogP contribution in [0.25, 0.3) is 0 Å². The highest BCUT2D eigenvalue weighted by Crippen LogP contribution is 2.37. The molecule has 0 saturated carbocycles. The molecule has 1 N–H and O–H groups in total. The lowest BCUT2D eigenvalue weighted by molar-refractivity contribution is -0.907. The van der Waals surface area contributed by atoms with E-state index in [1.165, 1.54) is 19.2 Å². The van der Waals surface area contributed by atoms with Crippen molar-refractivity contribution in [2.24, 2.45) is 0 Å². The predicted molar refractivity (Wildman–Crippen MR) is 102 cm³/mol. The SMILES string of the molecule is COCCC[NH+](CC(=O)N1CCS[C@@H]1c1ccc(F)cc1)[C@H](C)C(=O)OC. The molecule has 6 nitrogen and oxygen atoms in total. The molecule has 1 amide bonds. The second-order valence-electron chi connectivity index (χ2n) is 6.54. The molecule has 0 aromatic heterocycles. The number of halogens is 1. The Morgan fingerprint density at radius 2 is 2.04 bits per heavy atom. The van der Waals surface area contributed by atoms with Crippen molar-refractivity contribution in [3.63, 3.8) is 0 Å². The van der Waals surface area contributed by atoms with Gasteiger partial charge in [0.1, 0.15) is 11.2 Å². The summed E-state index contributed by atoms with van der Waals surface area (Å²) in [6.45, 7) is 3.83. The van der Waals surface area contributed by atoms with Crippen molar-refractivity contribution >= 4 is 23.6 Å².